The average molecular weight is 445 g/mol. The van der Waals surface area contributed by atoms with Gasteiger partial charge in [-0.2, -0.15) is 0 Å². The lowest BCUT2D eigenvalue weighted by atomic mass is 9.59. The van der Waals surface area contributed by atoms with E-state index in [9.17, 15) is 19.2 Å². The van der Waals surface area contributed by atoms with Crippen molar-refractivity contribution in [2.75, 3.05) is 0 Å². The van der Waals surface area contributed by atoms with Crippen molar-refractivity contribution in [3.63, 3.8) is 0 Å². The first-order valence-corrected chi connectivity index (χ1v) is 11.2. The van der Waals surface area contributed by atoms with Gasteiger partial charge in [-0.1, -0.05) is 25.0 Å². The fourth-order valence-corrected chi connectivity index (χ4v) is 5.19. The van der Waals surface area contributed by atoms with Crippen LogP contribution in [0, 0.1) is 11.3 Å². The highest BCUT2D eigenvalue weighted by Crippen LogP contribution is 2.51. The van der Waals surface area contributed by atoms with Gasteiger partial charge in [0.15, 0.2) is 11.9 Å². The van der Waals surface area contributed by atoms with Crippen molar-refractivity contribution < 1.29 is 33.4 Å². The van der Waals surface area contributed by atoms with Gasteiger partial charge in [-0.3, -0.25) is 14.4 Å². The fraction of sp³-hybridized carbons (Fsp3) is 0.600. The molecule has 0 radical (unpaired) electrons. The first-order valence-electron chi connectivity index (χ1n) is 11.2. The van der Waals surface area contributed by atoms with E-state index in [0.717, 1.165) is 16.7 Å². The number of hydrogen-bond donors (Lipinski definition) is 0. The molecule has 3 rings (SSSR count). The highest BCUT2D eigenvalue weighted by molar-refractivity contribution is 5.97. The molecule has 7 heteroatoms. The van der Waals surface area contributed by atoms with Crippen LogP contribution in [-0.2, 0) is 33.4 Å². The lowest BCUT2D eigenvalue weighted by molar-refractivity contribution is -0.183. The number of rotatable bonds is 3. The van der Waals surface area contributed by atoms with Crippen molar-refractivity contribution in [2.24, 2.45) is 11.3 Å². The van der Waals surface area contributed by atoms with Gasteiger partial charge in [-0.15, -0.1) is 0 Å². The van der Waals surface area contributed by atoms with E-state index in [1.54, 1.807) is 13.8 Å². The Morgan fingerprint density at radius 3 is 2.50 bits per heavy atom. The first kappa shape index (κ1) is 24.0. The first-order chi connectivity index (χ1) is 15.0. The van der Waals surface area contributed by atoms with Crippen LogP contribution in [0.5, 0.6) is 0 Å². The SMILES string of the molecule is CCC(=O)O[C@@H]1CCC(C)=C[C@@H]2OC(=O)C(C)=C2C[C@H]2C(C)=CC(=O)[C@H](OC(C)=O)[C@]12C. The number of ether oxygens (including phenoxy) is 3. The van der Waals surface area contributed by atoms with Crippen molar-refractivity contribution in [1.82, 2.24) is 0 Å². The summed E-state index contributed by atoms with van der Waals surface area (Å²) in [5, 5.41) is 0. The number of ketones is 1. The Morgan fingerprint density at radius 2 is 1.88 bits per heavy atom. The van der Waals surface area contributed by atoms with E-state index in [-0.39, 0.29) is 30.1 Å². The smallest absolute Gasteiger partial charge is 0.334 e. The molecule has 1 heterocycles. The van der Waals surface area contributed by atoms with E-state index < -0.39 is 29.7 Å². The summed E-state index contributed by atoms with van der Waals surface area (Å²) in [6.07, 6.45) is 2.90. The van der Waals surface area contributed by atoms with E-state index in [1.165, 1.54) is 13.0 Å². The van der Waals surface area contributed by atoms with Crippen LogP contribution >= 0.6 is 0 Å². The molecule has 0 spiro atoms. The molecule has 0 saturated heterocycles. The molecule has 5 atom stereocenters. The third-order valence-electron chi connectivity index (χ3n) is 7.06. The lowest BCUT2D eigenvalue weighted by Gasteiger charge is -2.49. The summed E-state index contributed by atoms with van der Waals surface area (Å²) in [7, 11) is 0. The predicted molar refractivity (Wildman–Crippen MR) is 116 cm³/mol. The molecule has 0 fully saturated rings. The molecule has 0 unspecified atom stereocenters. The monoisotopic (exact) mass is 444 g/mol. The highest BCUT2D eigenvalue weighted by Gasteiger charge is 2.56. The third-order valence-corrected chi connectivity index (χ3v) is 7.06. The molecular weight excluding hydrogens is 412 g/mol. The molecule has 3 aliphatic rings. The second-order valence-corrected chi connectivity index (χ2v) is 9.26. The summed E-state index contributed by atoms with van der Waals surface area (Å²) in [6, 6.07) is 0. The van der Waals surface area contributed by atoms with E-state index in [1.807, 2.05) is 26.8 Å². The van der Waals surface area contributed by atoms with E-state index >= 15 is 0 Å². The zero-order valence-electron chi connectivity index (χ0n) is 19.7. The third kappa shape index (κ3) is 4.30. The van der Waals surface area contributed by atoms with Crippen LogP contribution in [0.4, 0.5) is 0 Å². The maximum atomic E-state index is 13.1. The Balaban J connectivity index is 2.21. The topological polar surface area (TPSA) is 96.0 Å². The van der Waals surface area contributed by atoms with Crippen LogP contribution in [0.3, 0.4) is 0 Å². The Labute approximate surface area is 188 Å². The molecule has 174 valence electrons. The maximum absolute atomic E-state index is 13.1. The van der Waals surface area contributed by atoms with Crippen LogP contribution < -0.4 is 0 Å². The molecule has 2 aliphatic carbocycles. The zero-order chi connectivity index (χ0) is 23.8. The number of carbonyl (C=O) groups is 4. The van der Waals surface area contributed by atoms with Gasteiger partial charge in [0.1, 0.15) is 12.2 Å². The van der Waals surface area contributed by atoms with Crippen molar-refractivity contribution in [3.05, 3.63) is 34.4 Å². The van der Waals surface area contributed by atoms with Crippen molar-refractivity contribution in [2.45, 2.75) is 85.5 Å². The number of hydrogen-bond acceptors (Lipinski definition) is 7. The molecule has 0 aromatic rings. The van der Waals surface area contributed by atoms with Crippen molar-refractivity contribution >= 4 is 23.7 Å². The molecule has 0 aromatic carbocycles. The van der Waals surface area contributed by atoms with Gasteiger partial charge >= 0.3 is 17.9 Å². The van der Waals surface area contributed by atoms with Gasteiger partial charge in [0.25, 0.3) is 0 Å². The second kappa shape index (κ2) is 9.04. The van der Waals surface area contributed by atoms with Crippen molar-refractivity contribution in [1.29, 1.82) is 0 Å². The molecule has 0 aromatic heterocycles. The van der Waals surface area contributed by atoms with Gasteiger partial charge in [-0.05, 0) is 63.7 Å². The van der Waals surface area contributed by atoms with Crippen LogP contribution in [0.15, 0.2) is 34.4 Å². The zero-order valence-corrected chi connectivity index (χ0v) is 19.7. The highest BCUT2D eigenvalue weighted by atomic mass is 16.6. The van der Waals surface area contributed by atoms with E-state index in [2.05, 4.69) is 0 Å². The molecule has 7 nitrogen and oxygen atoms in total. The Bertz CT molecular complexity index is 938. The van der Waals surface area contributed by atoms with E-state index in [4.69, 9.17) is 14.2 Å². The van der Waals surface area contributed by atoms with Crippen molar-refractivity contribution in [3.8, 4) is 0 Å². The van der Waals surface area contributed by atoms with Gasteiger partial charge in [0.2, 0.25) is 0 Å². The summed E-state index contributed by atoms with van der Waals surface area (Å²) in [6.45, 7) is 10.4. The fourth-order valence-electron chi connectivity index (χ4n) is 5.19. The second-order valence-electron chi connectivity index (χ2n) is 9.26. The minimum atomic E-state index is -1.09. The quantitative estimate of drug-likeness (QED) is 0.371. The molecule has 1 aliphatic heterocycles. The van der Waals surface area contributed by atoms with Gasteiger partial charge in [0, 0.05) is 18.9 Å². The number of allylic oxidation sites excluding steroid dienone is 2. The summed E-state index contributed by atoms with van der Waals surface area (Å²) < 4.78 is 17.1. The number of carbonyl (C=O) groups excluding carboxylic acids is 4. The summed E-state index contributed by atoms with van der Waals surface area (Å²) in [5.74, 6) is -1.92. The Hall–Kier alpha value is -2.70. The standard InChI is InChI=1S/C25H32O7/c1-7-22(28)32-21-9-8-13(2)10-20-17(15(4)24(29)31-20)12-18-14(3)11-19(27)23(25(18,21)6)30-16(5)26/h10-11,18,20-21,23H,7-9,12H2,1-6H3/t18-,20-,21+,23-,25-/m0/s1. The summed E-state index contributed by atoms with van der Waals surface area (Å²) in [5.41, 5.74) is 2.19. The summed E-state index contributed by atoms with van der Waals surface area (Å²) >= 11 is 0. The average Bonchev–Trinajstić information content (AvgIpc) is 2.97. The van der Waals surface area contributed by atoms with E-state index in [0.29, 0.717) is 24.8 Å². The molecule has 0 saturated carbocycles. The van der Waals surface area contributed by atoms with Crippen LogP contribution in [0.25, 0.3) is 0 Å². The Morgan fingerprint density at radius 1 is 1.19 bits per heavy atom. The molecule has 32 heavy (non-hydrogen) atoms. The van der Waals surface area contributed by atoms with Crippen LogP contribution in [0.2, 0.25) is 0 Å². The summed E-state index contributed by atoms with van der Waals surface area (Å²) in [4.78, 5) is 49.8. The predicted octanol–water partition coefficient (Wildman–Crippen LogP) is 3.76. The molecular formula is C25H32O7. The minimum Gasteiger partial charge on any atom is -0.462 e. The molecule has 0 bridgehead atoms. The molecule has 0 N–H and O–H groups in total. The minimum absolute atomic E-state index is 0.196. The van der Waals surface area contributed by atoms with Gasteiger partial charge in [-0.25, -0.2) is 4.79 Å². The number of fused-ring (bicyclic) bond motifs is 2. The van der Waals surface area contributed by atoms with Gasteiger partial charge in [0.05, 0.1) is 5.41 Å². The number of esters is 3. The maximum Gasteiger partial charge on any atom is 0.334 e. The van der Waals surface area contributed by atoms with Gasteiger partial charge < -0.3 is 14.2 Å². The largest absolute Gasteiger partial charge is 0.462 e. The Kier molecular flexibility index (Phi) is 6.77. The normalized spacial score (nSPS) is 32.8. The molecule has 0 amide bonds. The van der Waals surface area contributed by atoms with Crippen LogP contribution in [-0.4, -0.2) is 42.0 Å². The lowest BCUT2D eigenvalue weighted by Crippen LogP contribution is -2.57. The van der Waals surface area contributed by atoms with Crippen LogP contribution in [0.1, 0.15) is 67.2 Å².